The zero-order valence-corrected chi connectivity index (χ0v) is 13.7. The highest BCUT2D eigenvalue weighted by atomic mass is 19.1. The maximum atomic E-state index is 13.6. The molecule has 0 bridgehead atoms. The number of aromatic nitrogens is 2. The van der Waals surface area contributed by atoms with Gasteiger partial charge in [0.15, 0.2) is 0 Å². The van der Waals surface area contributed by atoms with Gasteiger partial charge in [-0.25, -0.2) is 13.5 Å². The Balaban J connectivity index is 1.70. The fourth-order valence-corrected chi connectivity index (χ4v) is 2.45. The zero-order valence-electron chi connectivity index (χ0n) is 13.7. The van der Waals surface area contributed by atoms with Gasteiger partial charge in [0.05, 0.1) is 12.2 Å². The van der Waals surface area contributed by atoms with E-state index in [0.717, 1.165) is 17.7 Å². The first kappa shape index (κ1) is 17.5. The van der Waals surface area contributed by atoms with E-state index < -0.39 is 23.1 Å². The lowest BCUT2D eigenvalue weighted by Gasteiger charge is -2.09. The average molecular weight is 355 g/mol. The molecular formula is C19H15F2N3O2. The van der Waals surface area contributed by atoms with Gasteiger partial charge in [0.1, 0.15) is 17.2 Å². The number of hydrogen-bond donors (Lipinski definition) is 1. The van der Waals surface area contributed by atoms with Crippen molar-refractivity contribution in [3.8, 4) is 11.3 Å². The average Bonchev–Trinajstić information content (AvgIpc) is 2.64. The van der Waals surface area contributed by atoms with Gasteiger partial charge in [0, 0.05) is 18.2 Å². The molecule has 3 rings (SSSR count). The molecule has 3 aromatic rings. The van der Waals surface area contributed by atoms with Crippen molar-refractivity contribution < 1.29 is 13.6 Å². The molecule has 1 aromatic heterocycles. The van der Waals surface area contributed by atoms with Gasteiger partial charge in [0.25, 0.3) is 11.5 Å². The number of carbonyl (C=O) groups is 1. The SMILES string of the molecule is O=C(NCCn1nc(-c2ccccc2)ccc1=O)c1c(F)cccc1F. The molecule has 0 unspecified atom stereocenters. The molecule has 26 heavy (non-hydrogen) atoms. The second kappa shape index (κ2) is 7.69. The molecule has 0 aliphatic heterocycles. The van der Waals surface area contributed by atoms with Crippen LogP contribution in [-0.4, -0.2) is 22.2 Å². The van der Waals surface area contributed by atoms with Gasteiger partial charge in [-0.2, -0.15) is 5.10 Å². The molecule has 132 valence electrons. The third-order valence-corrected chi connectivity index (χ3v) is 3.74. The van der Waals surface area contributed by atoms with E-state index in [0.29, 0.717) is 5.69 Å². The van der Waals surface area contributed by atoms with E-state index in [1.54, 1.807) is 6.07 Å². The summed E-state index contributed by atoms with van der Waals surface area (Å²) in [5, 5.41) is 6.65. The van der Waals surface area contributed by atoms with Gasteiger partial charge in [-0.05, 0) is 18.2 Å². The monoisotopic (exact) mass is 355 g/mol. The standard InChI is InChI=1S/C19H15F2N3O2/c20-14-7-4-8-15(21)18(14)19(26)22-11-12-24-17(25)10-9-16(23-24)13-5-2-1-3-6-13/h1-10H,11-12H2,(H,22,26). The Morgan fingerprint density at radius 1 is 0.962 bits per heavy atom. The van der Waals surface area contributed by atoms with Crippen LogP contribution >= 0.6 is 0 Å². The highest BCUT2D eigenvalue weighted by Crippen LogP contribution is 2.14. The van der Waals surface area contributed by atoms with Crippen LogP contribution < -0.4 is 10.9 Å². The van der Waals surface area contributed by atoms with Crippen LogP contribution in [0.5, 0.6) is 0 Å². The van der Waals surface area contributed by atoms with Crippen molar-refractivity contribution in [1.82, 2.24) is 15.1 Å². The number of nitrogens with zero attached hydrogens (tertiary/aromatic N) is 2. The van der Waals surface area contributed by atoms with Gasteiger partial charge in [-0.1, -0.05) is 36.4 Å². The van der Waals surface area contributed by atoms with Gasteiger partial charge >= 0.3 is 0 Å². The smallest absolute Gasteiger partial charge is 0.266 e. The molecule has 0 saturated carbocycles. The fraction of sp³-hybridized carbons (Fsp3) is 0.105. The van der Waals surface area contributed by atoms with Crippen LogP contribution in [0.1, 0.15) is 10.4 Å². The molecule has 1 N–H and O–H groups in total. The number of hydrogen-bond acceptors (Lipinski definition) is 3. The highest BCUT2D eigenvalue weighted by molar-refractivity contribution is 5.94. The molecule has 1 heterocycles. The number of nitrogens with one attached hydrogen (secondary N) is 1. The van der Waals surface area contributed by atoms with E-state index in [1.807, 2.05) is 30.3 Å². The summed E-state index contributed by atoms with van der Waals surface area (Å²) in [5.41, 5.74) is 0.470. The summed E-state index contributed by atoms with van der Waals surface area (Å²) in [5.74, 6) is -2.76. The van der Waals surface area contributed by atoms with Gasteiger partial charge < -0.3 is 5.32 Å². The van der Waals surface area contributed by atoms with Crippen molar-refractivity contribution >= 4 is 5.91 Å². The van der Waals surface area contributed by atoms with E-state index in [2.05, 4.69) is 10.4 Å². The maximum Gasteiger partial charge on any atom is 0.266 e. The number of amides is 1. The molecule has 2 aromatic carbocycles. The normalized spacial score (nSPS) is 10.5. The first-order chi connectivity index (χ1) is 12.6. The predicted molar refractivity (Wildman–Crippen MR) is 92.6 cm³/mol. The van der Waals surface area contributed by atoms with Crippen LogP contribution in [0.25, 0.3) is 11.3 Å². The largest absolute Gasteiger partial charge is 0.350 e. The molecule has 0 spiro atoms. The summed E-state index contributed by atoms with van der Waals surface area (Å²) in [6, 6.07) is 15.5. The third kappa shape index (κ3) is 3.83. The van der Waals surface area contributed by atoms with Crippen LogP contribution in [-0.2, 0) is 6.54 Å². The van der Waals surface area contributed by atoms with Crippen LogP contribution in [0.2, 0.25) is 0 Å². The summed E-state index contributed by atoms with van der Waals surface area (Å²) in [7, 11) is 0. The second-order valence-corrected chi connectivity index (χ2v) is 5.50. The first-order valence-corrected chi connectivity index (χ1v) is 7.92. The Kier molecular flexibility index (Phi) is 5.17. The zero-order chi connectivity index (χ0) is 18.5. The lowest BCUT2D eigenvalue weighted by molar-refractivity contribution is 0.0943. The fourth-order valence-electron chi connectivity index (χ4n) is 2.45. The van der Waals surface area contributed by atoms with Crippen LogP contribution in [0.15, 0.2) is 65.5 Å². The molecule has 1 amide bonds. The summed E-state index contributed by atoms with van der Waals surface area (Å²) < 4.78 is 28.4. The number of benzene rings is 2. The minimum atomic E-state index is -0.941. The summed E-state index contributed by atoms with van der Waals surface area (Å²) in [4.78, 5) is 23.9. The first-order valence-electron chi connectivity index (χ1n) is 7.92. The van der Waals surface area contributed by atoms with E-state index >= 15 is 0 Å². The minimum absolute atomic E-state index is 0.00222. The van der Waals surface area contributed by atoms with Crippen LogP contribution in [0.3, 0.4) is 0 Å². The molecule has 0 aliphatic carbocycles. The van der Waals surface area contributed by atoms with Gasteiger partial charge in [0.2, 0.25) is 0 Å². The predicted octanol–water partition coefficient (Wildman–Crippen LogP) is 2.62. The molecular weight excluding hydrogens is 340 g/mol. The molecule has 0 aliphatic rings. The van der Waals surface area contributed by atoms with E-state index in [-0.39, 0.29) is 18.6 Å². The van der Waals surface area contributed by atoms with E-state index in [4.69, 9.17) is 0 Å². The third-order valence-electron chi connectivity index (χ3n) is 3.74. The molecule has 0 atom stereocenters. The quantitative estimate of drug-likeness (QED) is 0.765. The van der Waals surface area contributed by atoms with Crippen molar-refractivity contribution in [2.75, 3.05) is 6.54 Å². The maximum absolute atomic E-state index is 13.6. The van der Waals surface area contributed by atoms with Gasteiger partial charge in [-0.3, -0.25) is 9.59 Å². The Labute approximate surface area is 147 Å². The van der Waals surface area contributed by atoms with Crippen molar-refractivity contribution in [1.29, 1.82) is 0 Å². The van der Waals surface area contributed by atoms with Gasteiger partial charge in [-0.15, -0.1) is 0 Å². The molecule has 7 heteroatoms. The lowest BCUT2D eigenvalue weighted by Crippen LogP contribution is -2.32. The number of rotatable bonds is 5. The number of halogens is 2. The highest BCUT2D eigenvalue weighted by Gasteiger charge is 2.16. The Bertz CT molecular complexity index is 967. The van der Waals surface area contributed by atoms with Crippen molar-refractivity contribution in [2.24, 2.45) is 0 Å². The summed E-state index contributed by atoms with van der Waals surface area (Å²) in [6.45, 7) is 0.0685. The molecule has 0 saturated heterocycles. The Morgan fingerprint density at radius 2 is 1.65 bits per heavy atom. The minimum Gasteiger partial charge on any atom is -0.350 e. The van der Waals surface area contributed by atoms with Crippen LogP contribution in [0.4, 0.5) is 8.78 Å². The molecule has 5 nitrogen and oxygen atoms in total. The molecule has 0 fully saturated rings. The van der Waals surface area contributed by atoms with Crippen molar-refractivity contribution in [3.63, 3.8) is 0 Å². The van der Waals surface area contributed by atoms with Crippen LogP contribution in [0, 0.1) is 11.6 Å². The lowest BCUT2D eigenvalue weighted by atomic mass is 10.1. The van der Waals surface area contributed by atoms with E-state index in [1.165, 1.54) is 16.8 Å². The van der Waals surface area contributed by atoms with E-state index in [9.17, 15) is 18.4 Å². The van der Waals surface area contributed by atoms with Crippen molar-refractivity contribution in [2.45, 2.75) is 6.54 Å². The van der Waals surface area contributed by atoms with Crippen molar-refractivity contribution in [3.05, 3.63) is 88.2 Å². The Hall–Kier alpha value is -3.35. The number of carbonyl (C=O) groups excluding carboxylic acids is 1. The summed E-state index contributed by atoms with van der Waals surface area (Å²) in [6.07, 6.45) is 0. The second-order valence-electron chi connectivity index (χ2n) is 5.50. The summed E-state index contributed by atoms with van der Waals surface area (Å²) >= 11 is 0. The topological polar surface area (TPSA) is 64.0 Å². The Morgan fingerprint density at radius 3 is 2.35 bits per heavy atom. The molecule has 0 radical (unpaired) electrons.